The molecule has 0 unspecified atom stereocenters. The molecule has 0 aromatic heterocycles. The second-order valence-corrected chi connectivity index (χ2v) is 0. The van der Waals surface area contributed by atoms with E-state index in [4.69, 9.17) is 0 Å². The normalized spacial score (nSPS) is 0.615. The van der Waals surface area contributed by atoms with Crippen LogP contribution in [0.2, 0.25) is 0 Å². The van der Waals surface area contributed by atoms with Crippen LogP contribution in [-0.2, 0) is 0 Å². The molecular formula is Cs4Pb9. The summed E-state index contributed by atoms with van der Waals surface area (Å²) in [6.07, 6.45) is 0. The second kappa shape index (κ2) is 79.2. The smallest absolute Gasteiger partial charge is 0 e. The average Bonchev–Trinajstić information content (AvgIpc) is 1.00. The minimum Gasteiger partial charge on any atom is 0 e. The molecule has 0 nitrogen and oxygen atoms in total. The van der Waals surface area contributed by atoms with Crippen molar-refractivity contribution in [3.8, 4) is 0 Å². The molecule has 13 heavy (non-hydrogen) atoms. The molecular weight excluding hydrogens is 2400 g/mol. The van der Waals surface area contributed by atoms with Crippen LogP contribution >= 0.6 is 0 Å². The van der Waals surface area contributed by atoms with Crippen LogP contribution in [0.1, 0.15) is 0 Å². The van der Waals surface area contributed by atoms with Gasteiger partial charge in [0.25, 0.3) is 0 Å². The standard InChI is InChI=1S/4Cs.9Pb. The van der Waals surface area contributed by atoms with Gasteiger partial charge in [0.15, 0.2) is 0 Å². The van der Waals surface area contributed by atoms with Gasteiger partial charge in [0.05, 0.1) is 0 Å². The third-order valence-electron chi connectivity index (χ3n) is 0. The van der Waals surface area contributed by atoms with Crippen LogP contribution in [0.4, 0.5) is 0 Å². The summed E-state index contributed by atoms with van der Waals surface area (Å²) < 4.78 is 0. The van der Waals surface area contributed by atoms with Crippen molar-refractivity contribution in [1.82, 2.24) is 0 Å². The van der Waals surface area contributed by atoms with Crippen molar-refractivity contribution in [2.45, 2.75) is 0 Å². The molecule has 40 valence electrons. The second-order valence-electron chi connectivity index (χ2n) is 0. The summed E-state index contributed by atoms with van der Waals surface area (Å²) >= 11 is 2.22. The summed E-state index contributed by atoms with van der Waals surface area (Å²) in [6.45, 7) is 0. The molecule has 0 aliphatic carbocycles. The van der Waals surface area contributed by atoms with Crippen molar-refractivity contribution in [2.24, 2.45) is 0 Å². The Hall–Kier alpha value is 16.5. The predicted molar refractivity (Wildman–Crippen MR) is 74.8 cm³/mol. The van der Waals surface area contributed by atoms with Gasteiger partial charge in [0.1, 0.15) is 0 Å². The zero-order valence-electron chi connectivity index (χ0n) is 8.50. The van der Waals surface area contributed by atoms with E-state index in [1.54, 1.807) is 0 Å². The topological polar surface area (TPSA) is 0 Å². The summed E-state index contributed by atoms with van der Waals surface area (Å²) in [5.41, 5.74) is 0. The molecule has 0 saturated carbocycles. The molecule has 0 fully saturated rings. The SMILES string of the molecule is [Cs].[Cs].[Cs][Cs].[Pb].[Pb].[Pb].[Pb].[Pb].[Pb].[Pb].[Pb].[Pb]. The maximum atomic E-state index is 1.11. The number of hydrogen-bond donors (Lipinski definition) is 0. The molecule has 0 aromatic carbocycles. The molecule has 13 heteroatoms. The first-order valence-corrected chi connectivity index (χ1v) is 53.0. The molecule has 0 N–H and O–H groups in total. The first-order valence-electron chi connectivity index (χ1n) is 1.00. The van der Waals surface area contributed by atoms with Crippen molar-refractivity contribution in [3.05, 3.63) is 0 Å². The molecule has 0 rings (SSSR count). The Balaban J connectivity index is -0.0000000000909. The van der Waals surface area contributed by atoms with Crippen molar-refractivity contribution in [3.63, 3.8) is 0 Å². The van der Waals surface area contributed by atoms with Gasteiger partial charge in [0.2, 0.25) is 0 Å². The maximum absolute atomic E-state index is 1.11. The summed E-state index contributed by atoms with van der Waals surface area (Å²) in [4.78, 5) is 0. The first kappa shape index (κ1) is 78.2. The number of rotatable bonds is 0. The molecule has 0 aliphatic heterocycles. The molecule has 38 radical (unpaired) electrons. The Kier molecular flexibility index (Phi) is 476. The van der Waals surface area contributed by atoms with Crippen molar-refractivity contribution < 1.29 is 0 Å². The molecule has 0 saturated heterocycles. The van der Waals surface area contributed by atoms with E-state index in [0.717, 1.165) is 73.6 Å². The minimum atomic E-state index is 0. The first-order chi connectivity index (χ1) is 1.00. The Labute approximate surface area is 435 Å². The monoisotopic (exact) mass is 2400 g/mol. The van der Waals surface area contributed by atoms with Crippen LogP contribution in [0.15, 0.2) is 0 Å². The fraction of sp³-hybridized carbons (Fsp3) is 0. The van der Waals surface area contributed by atoms with Crippen molar-refractivity contribution in [1.29, 1.82) is 0 Å². The minimum absolute atomic E-state index is 0. The van der Waals surface area contributed by atoms with E-state index in [9.17, 15) is 0 Å². The third kappa shape index (κ3) is 73.5. The predicted octanol–water partition coefficient (Wildman–Crippen LogP) is -4.95. The Morgan fingerprint density at radius 1 is 0.308 bits per heavy atom. The fourth-order valence-electron chi connectivity index (χ4n) is 0. The van der Waals surface area contributed by atoms with Crippen LogP contribution in [0, 0.1) is 0 Å². The molecule has 0 amide bonds. The Bertz CT molecular complexity index is 11.6. The molecule has 0 aliphatic rings. The molecule has 0 bridgehead atoms. The molecule has 0 spiro atoms. The summed E-state index contributed by atoms with van der Waals surface area (Å²) in [5, 5.41) is 0. The van der Waals surface area contributed by atoms with Gasteiger partial charge in [-0.15, -0.1) is 0 Å². The van der Waals surface area contributed by atoms with Gasteiger partial charge in [-0.05, 0) is 0 Å². The van der Waals surface area contributed by atoms with E-state index in [1.807, 2.05) is 0 Å². The molecule has 0 heterocycles. The van der Waals surface area contributed by atoms with Crippen molar-refractivity contribution >= 4 is 457 Å². The van der Waals surface area contributed by atoms with E-state index in [2.05, 4.69) is 0 Å². The van der Waals surface area contributed by atoms with E-state index in [1.165, 1.54) is 0 Å². The Morgan fingerprint density at radius 2 is 0.308 bits per heavy atom. The van der Waals surface area contributed by atoms with E-state index >= 15 is 0 Å². The van der Waals surface area contributed by atoms with Crippen LogP contribution < -0.4 is 0 Å². The van der Waals surface area contributed by atoms with Gasteiger partial charge < -0.3 is 0 Å². The molecule has 0 aromatic rings. The van der Waals surface area contributed by atoms with Gasteiger partial charge in [-0.3, -0.25) is 0 Å². The molecule has 0 atom stereocenters. The van der Waals surface area contributed by atoms with Gasteiger partial charge >= 0.3 is 73.6 Å². The van der Waals surface area contributed by atoms with Gasteiger partial charge in [-0.2, -0.15) is 0 Å². The number of hydrogen-bond acceptors (Lipinski definition) is 0. The quantitative estimate of drug-likeness (QED) is 0.214. The third-order valence-corrected chi connectivity index (χ3v) is 0. The van der Waals surface area contributed by atoms with E-state index in [-0.39, 0.29) is 383 Å². The Morgan fingerprint density at radius 3 is 0.308 bits per heavy atom. The fourth-order valence-corrected chi connectivity index (χ4v) is 0. The van der Waals surface area contributed by atoms with Crippen LogP contribution in [0.3, 0.4) is 0 Å². The van der Waals surface area contributed by atoms with E-state index < -0.39 is 0 Å². The van der Waals surface area contributed by atoms with Gasteiger partial charge in [-0.1, -0.05) is 0 Å². The summed E-state index contributed by atoms with van der Waals surface area (Å²) in [5.74, 6) is 0. The average molecular weight is 2400 g/mol. The zero-order chi connectivity index (χ0) is 2.00. The van der Waals surface area contributed by atoms with Crippen LogP contribution in [0.25, 0.3) is 0 Å². The maximum Gasteiger partial charge on any atom is 0 e. The summed E-state index contributed by atoms with van der Waals surface area (Å²) in [7, 11) is 0. The van der Waals surface area contributed by atoms with Gasteiger partial charge in [0, 0.05) is 383 Å². The van der Waals surface area contributed by atoms with Crippen LogP contribution in [0.5, 0.6) is 0 Å². The zero-order valence-corrected chi connectivity index (χ0v) is 68.6. The summed E-state index contributed by atoms with van der Waals surface area (Å²) in [6, 6.07) is 0. The van der Waals surface area contributed by atoms with Crippen LogP contribution in [-0.4, -0.2) is 457 Å². The van der Waals surface area contributed by atoms with Gasteiger partial charge in [-0.25, -0.2) is 0 Å². The van der Waals surface area contributed by atoms with Crippen molar-refractivity contribution in [2.75, 3.05) is 0 Å². The largest absolute Gasteiger partial charge is 0 e. The van der Waals surface area contributed by atoms with E-state index in [0.29, 0.717) is 0 Å².